The average molecular weight is 333 g/mol. The van der Waals surface area contributed by atoms with Crippen molar-refractivity contribution >= 4 is 40.2 Å². The van der Waals surface area contributed by atoms with Crippen LogP contribution in [-0.2, 0) is 4.79 Å². The van der Waals surface area contributed by atoms with Gasteiger partial charge in [-0.15, -0.1) is 16.8 Å². The van der Waals surface area contributed by atoms with Gasteiger partial charge >= 0.3 is 0 Å². The maximum Gasteiger partial charge on any atom is 0.250 e. The number of ether oxygens (including phenoxy) is 1. The zero-order valence-corrected chi connectivity index (χ0v) is 13.6. The first-order valence-corrected chi connectivity index (χ1v) is 8.22. The second kappa shape index (κ2) is 8.35. The Kier molecular flexibility index (Phi) is 6.17. The van der Waals surface area contributed by atoms with E-state index in [1.54, 1.807) is 19.3 Å². The van der Waals surface area contributed by atoms with Crippen LogP contribution in [0.15, 0.2) is 47.3 Å². The Balaban J connectivity index is 1.89. The number of anilines is 1. The molecule has 2 rings (SSSR count). The molecule has 0 aliphatic heterocycles. The lowest BCUT2D eigenvalue weighted by molar-refractivity contribution is -0.111. The van der Waals surface area contributed by atoms with Gasteiger partial charge in [-0.2, -0.15) is 0 Å². The minimum atomic E-state index is -0.243. The zero-order chi connectivity index (χ0) is 15.8. The number of benzene rings is 1. The van der Waals surface area contributed by atoms with Crippen LogP contribution in [0.2, 0.25) is 0 Å². The highest BCUT2D eigenvalue weighted by atomic mass is 32.2. The smallest absolute Gasteiger partial charge is 0.250 e. The molecule has 1 amide bonds. The van der Waals surface area contributed by atoms with Gasteiger partial charge in [0.25, 0.3) is 0 Å². The van der Waals surface area contributed by atoms with Crippen molar-refractivity contribution < 1.29 is 9.53 Å². The first kappa shape index (κ1) is 16.3. The molecule has 0 saturated carbocycles. The van der Waals surface area contributed by atoms with E-state index in [1.807, 2.05) is 24.3 Å². The Morgan fingerprint density at radius 1 is 1.41 bits per heavy atom. The Bertz CT molecular complexity index is 666. The lowest BCUT2D eigenvalue weighted by Crippen LogP contribution is -2.07. The van der Waals surface area contributed by atoms with Gasteiger partial charge in [0.2, 0.25) is 11.0 Å². The van der Waals surface area contributed by atoms with E-state index in [4.69, 9.17) is 4.74 Å². The third-order valence-electron chi connectivity index (χ3n) is 2.50. The number of nitrogens with one attached hydrogen (secondary N) is 1. The van der Waals surface area contributed by atoms with E-state index in [1.165, 1.54) is 29.2 Å². The second-order valence-corrected chi connectivity index (χ2v) is 6.31. The first-order valence-electron chi connectivity index (χ1n) is 6.41. The van der Waals surface area contributed by atoms with E-state index < -0.39 is 0 Å². The summed E-state index contributed by atoms with van der Waals surface area (Å²) in [5.74, 6) is 1.30. The van der Waals surface area contributed by atoms with E-state index in [2.05, 4.69) is 22.1 Å². The quantitative estimate of drug-likeness (QED) is 0.364. The molecule has 7 heteroatoms. The van der Waals surface area contributed by atoms with Crippen LogP contribution >= 0.6 is 23.1 Å². The third-order valence-corrected chi connectivity index (χ3v) is 4.47. The molecule has 0 radical (unpaired) electrons. The summed E-state index contributed by atoms with van der Waals surface area (Å²) in [6.45, 7) is 3.64. The van der Waals surface area contributed by atoms with E-state index in [0.29, 0.717) is 5.13 Å². The molecular formula is C15H15N3O2S2. The molecule has 0 aliphatic carbocycles. The number of methoxy groups -OCH3 is 1. The van der Waals surface area contributed by atoms with Gasteiger partial charge in [-0.3, -0.25) is 10.1 Å². The number of hydrogen-bond acceptors (Lipinski definition) is 6. The molecule has 2 aromatic rings. The van der Waals surface area contributed by atoms with Crippen LogP contribution in [0, 0.1) is 0 Å². The number of carbonyl (C=O) groups is 1. The zero-order valence-electron chi connectivity index (χ0n) is 12.0. The van der Waals surface area contributed by atoms with Gasteiger partial charge in [-0.25, -0.2) is 0 Å². The van der Waals surface area contributed by atoms with Crippen LogP contribution in [0.5, 0.6) is 5.75 Å². The van der Waals surface area contributed by atoms with Crippen molar-refractivity contribution in [1.29, 1.82) is 0 Å². The van der Waals surface area contributed by atoms with Crippen molar-refractivity contribution in [3.8, 4) is 5.75 Å². The highest BCUT2D eigenvalue weighted by molar-refractivity contribution is 8.01. The summed E-state index contributed by atoms with van der Waals surface area (Å²) in [5.41, 5.74) is 0.912. The molecule has 0 atom stereocenters. The molecule has 0 unspecified atom stereocenters. The summed E-state index contributed by atoms with van der Waals surface area (Å²) in [6.07, 6.45) is 4.98. The molecule has 1 heterocycles. The summed E-state index contributed by atoms with van der Waals surface area (Å²) in [7, 11) is 1.61. The van der Waals surface area contributed by atoms with Crippen molar-refractivity contribution in [1.82, 2.24) is 10.2 Å². The minimum absolute atomic E-state index is 0.243. The lowest BCUT2D eigenvalue weighted by Gasteiger charge is -1.99. The number of nitrogens with zero attached hydrogens (tertiary/aromatic N) is 2. The predicted molar refractivity (Wildman–Crippen MR) is 91.5 cm³/mol. The number of rotatable bonds is 7. The number of amides is 1. The molecule has 22 heavy (non-hydrogen) atoms. The Morgan fingerprint density at radius 3 is 2.86 bits per heavy atom. The Morgan fingerprint density at radius 2 is 2.18 bits per heavy atom. The number of carbonyl (C=O) groups excluding carboxylic acids is 1. The normalized spacial score (nSPS) is 10.6. The standard InChI is InChI=1S/C15H15N3O2S2/c1-3-10-21-15-18-17-14(22-15)16-13(19)9-6-11-4-7-12(20-2)8-5-11/h3-9H,1,10H2,2H3,(H,16,17,19)/b9-6+. The van der Waals surface area contributed by atoms with Crippen LogP contribution in [0.1, 0.15) is 5.56 Å². The molecule has 0 bridgehead atoms. The van der Waals surface area contributed by atoms with Crippen molar-refractivity contribution in [2.75, 3.05) is 18.2 Å². The van der Waals surface area contributed by atoms with Crippen LogP contribution in [-0.4, -0.2) is 29.0 Å². The van der Waals surface area contributed by atoms with Crippen LogP contribution in [0.4, 0.5) is 5.13 Å². The van der Waals surface area contributed by atoms with Crippen molar-refractivity contribution in [2.24, 2.45) is 0 Å². The first-order chi connectivity index (χ1) is 10.7. The van der Waals surface area contributed by atoms with E-state index >= 15 is 0 Å². The summed E-state index contributed by atoms with van der Waals surface area (Å²) in [6, 6.07) is 7.42. The molecule has 0 spiro atoms. The van der Waals surface area contributed by atoms with Gasteiger partial charge < -0.3 is 4.74 Å². The van der Waals surface area contributed by atoms with E-state index in [9.17, 15) is 4.79 Å². The molecule has 0 aliphatic rings. The van der Waals surface area contributed by atoms with Crippen molar-refractivity contribution in [3.05, 3.63) is 48.6 Å². The van der Waals surface area contributed by atoms with Gasteiger partial charge in [0, 0.05) is 11.8 Å². The fourth-order valence-corrected chi connectivity index (χ4v) is 3.00. The Hall–Kier alpha value is -2.12. The number of thioether (sulfide) groups is 1. The maximum atomic E-state index is 11.8. The fraction of sp³-hybridized carbons (Fsp3) is 0.133. The van der Waals surface area contributed by atoms with Crippen LogP contribution in [0.3, 0.4) is 0 Å². The van der Waals surface area contributed by atoms with Gasteiger partial charge in [-0.1, -0.05) is 41.3 Å². The maximum absolute atomic E-state index is 11.8. The van der Waals surface area contributed by atoms with Crippen LogP contribution < -0.4 is 10.1 Å². The highest BCUT2D eigenvalue weighted by Crippen LogP contribution is 2.25. The SMILES string of the molecule is C=CCSc1nnc(NC(=O)/C=C/c2ccc(OC)cc2)s1. The monoisotopic (exact) mass is 333 g/mol. The largest absolute Gasteiger partial charge is 0.497 e. The van der Waals surface area contributed by atoms with Crippen molar-refractivity contribution in [3.63, 3.8) is 0 Å². The predicted octanol–water partition coefficient (Wildman–Crippen LogP) is 3.48. The summed E-state index contributed by atoms with van der Waals surface area (Å²) in [5, 5.41) is 11.1. The number of aromatic nitrogens is 2. The molecule has 5 nitrogen and oxygen atoms in total. The van der Waals surface area contributed by atoms with Crippen LogP contribution in [0.25, 0.3) is 6.08 Å². The van der Waals surface area contributed by atoms with Crippen molar-refractivity contribution in [2.45, 2.75) is 4.34 Å². The summed E-state index contributed by atoms with van der Waals surface area (Å²) < 4.78 is 5.88. The molecule has 1 aromatic carbocycles. The lowest BCUT2D eigenvalue weighted by atomic mass is 10.2. The van der Waals surface area contributed by atoms with E-state index in [-0.39, 0.29) is 5.91 Å². The summed E-state index contributed by atoms with van der Waals surface area (Å²) >= 11 is 2.87. The third kappa shape index (κ3) is 5.01. The van der Waals surface area contributed by atoms with Gasteiger partial charge in [0.05, 0.1) is 7.11 Å². The molecular weight excluding hydrogens is 318 g/mol. The van der Waals surface area contributed by atoms with E-state index in [0.717, 1.165) is 21.4 Å². The fourth-order valence-electron chi connectivity index (χ4n) is 1.48. The molecule has 1 aromatic heterocycles. The topological polar surface area (TPSA) is 64.1 Å². The number of hydrogen-bond donors (Lipinski definition) is 1. The van der Waals surface area contributed by atoms with Gasteiger partial charge in [0.1, 0.15) is 5.75 Å². The molecule has 0 fully saturated rings. The van der Waals surface area contributed by atoms with Gasteiger partial charge in [-0.05, 0) is 23.8 Å². The average Bonchev–Trinajstić information content (AvgIpc) is 2.98. The molecule has 1 N–H and O–H groups in total. The summed E-state index contributed by atoms with van der Waals surface area (Å²) in [4.78, 5) is 11.8. The molecule has 0 saturated heterocycles. The second-order valence-electron chi connectivity index (χ2n) is 4.07. The molecule has 114 valence electrons. The van der Waals surface area contributed by atoms with Gasteiger partial charge in [0.15, 0.2) is 4.34 Å². The Labute approximate surface area is 137 Å². The minimum Gasteiger partial charge on any atom is -0.497 e. The highest BCUT2D eigenvalue weighted by Gasteiger charge is 2.06.